The first-order valence-corrected chi connectivity index (χ1v) is 7.02. The zero-order chi connectivity index (χ0) is 15.3. The molecule has 6 heteroatoms. The molecule has 0 spiro atoms. The number of aliphatic carboxylic acids is 1. The van der Waals surface area contributed by atoms with Gasteiger partial charge in [0.25, 0.3) is 0 Å². The molecule has 1 atom stereocenters. The molecule has 0 aromatic heterocycles. The van der Waals surface area contributed by atoms with Crippen molar-refractivity contribution in [2.45, 2.75) is 32.6 Å². The van der Waals surface area contributed by atoms with Crippen molar-refractivity contribution in [1.82, 2.24) is 9.80 Å². The Morgan fingerprint density at radius 3 is 2.20 bits per heavy atom. The van der Waals surface area contributed by atoms with E-state index >= 15 is 0 Å². The van der Waals surface area contributed by atoms with Gasteiger partial charge in [0.05, 0.1) is 0 Å². The van der Waals surface area contributed by atoms with Crippen LogP contribution in [0, 0.1) is 11.8 Å². The zero-order valence-electron chi connectivity index (χ0n) is 12.5. The minimum Gasteiger partial charge on any atom is -0.481 e. The minimum absolute atomic E-state index is 0.00509. The van der Waals surface area contributed by atoms with Crippen LogP contribution >= 0.6 is 0 Å². The van der Waals surface area contributed by atoms with Gasteiger partial charge in [-0.2, -0.15) is 0 Å². The van der Waals surface area contributed by atoms with Crippen molar-refractivity contribution in [3.63, 3.8) is 0 Å². The van der Waals surface area contributed by atoms with Gasteiger partial charge in [0, 0.05) is 45.9 Å². The Morgan fingerprint density at radius 1 is 1.20 bits per heavy atom. The van der Waals surface area contributed by atoms with Crippen molar-refractivity contribution in [2.24, 2.45) is 11.8 Å². The number of carbonyl (C=O) groups excluding carboxylic acids is 2. The van der Waals surface area contributed by atoms with Crippen LogP contribution in [0.4, 0.5) is 0 Å². The Balaban J connectivity index is 2.39. The summed E-state index contributed by atoms with van der Waals surface area (Å²) in [6, 6.07) is 0. The van der Waals surface area contributed by atoms with Crippen LogP contribution in [0.25, 0.3) is 0 Å². The third kappa shape index (κ3) is 4.83. The fourth-order valence-corrected chi connectivity index (χ4v) is 2.54. The predicted molar refractivity (Wildman–Crippen MR) is 74.0 cm³/mol. The van der Waals surface area contributed by atoms with Crippen LogP contribution in [0.1, 0.15) is 32.6 Å². The number of carbonyl (C=O) groups is 3. The summed E-state index contributed by atoms with van der Waals surface area (Å²) in [5.74, 6) is -0.905. The summed E-state index contributed by atoms with van der Waals surface area (Å²) in [5, 5.41) is 8.69. The van der Waals surface area contributed by atoms with Crippen molar-refractivity contribution >= 4 is 17.8 Å². The molecular weight excluding hydrogens is 260 g/mol. The van der Waals surface area contributed by atoms with Crippen LogP contribution < -0.4 is 0 Å². The van der Waals surface area contributed by atoms with E-state index in [4.69, 9.17) is 5.11 Å². The standard InChI is InChI=1S/C14H24N2O4/c1-10(9-13(18)19)8-12(17)16-6-4-11(5-7-16)14(20)15(2)3/h10-11H,4-9H2,1-3H3,(H,18,19). The molecule has 0 saturated carbocycles. The Bertz CT molecular complexity index is 373. The van der Waals surface area contributed by atoms with Crippen LogP contribution in [-0.4, -0.2) is 59.9 Å². The van der Waals surface area contributed by atoms with Gasteiger partial charge in [-0.05, 0) is 18.8 Å². The monoisotopic (exact) mass is 284 g/mol. The Hall–Kier alpha value is -1.59. The highest BCUT2D eigenvalue weighted by Crippen LogP contribution is 2.20. The van der Waals surface area contributed by atoms with Gasteiger partial charge in [0.15, 0.2) is 0 Å². The van der Waals surface area contributed by atoms with E-state index in [0.29, 0.717) is 25.9 Å². The largest absolute Gasteiger partial charge is 0.481 e. The van der Waals surface area contributed by atoms with Crippen LogP contribution in [0.2, 0.25) is 0 Å². The summed E-state index contributed by atoms with van der Waals surface area (Å²) in [5.41, 5.74) is 0. The number of carboxylic acid groups (broad SMARTS) is 1. The van der Waals surface area contributed by atoms with Crippen molar-refractivity contribution in [3.05, 3.63) is 0 Å². The molecule has 1 rings (SSSR count). The molecule has 2 amide bonds. The number of piperidine rings is 1. The van der Waals surface area contributed by atoms with Crippen LogP contribution in [-0.2, 0) is 14.4 Å². The molecule has 1 heterocycles. The highest BCUT2D eigenvalue weighted by molar-refractivity contribution is 5.80. The van der Waals surface area contributed by atoms with E-state index in [9.17, 15) is 14.4 Å². The van der Waals surface area contributed by atoms with Crippen molar-refractivity contribution in [2.75, 3.05) is 27.2 Å². The third-order valence-corrected chi connectivity index (χ3v) is 3.68. The molecule has 0 aliphatic carbocycles. The molecule has 0 bridgehead atoms. The summed E-state index contributed by atoms with van der Waals surface area (Å²) in [6.45, 7) is 2.94. The van der Waals surface area contributed by atoms with Gasteiger partial charge in [-0.1, -0.05) is 6.92 Å². The first-order chi connectivity index (χ1) is 9.31. The second-order valence-corrected chi connectivity index (χ2v) is 5.79. The van der Waals surface area contributed by atoms with Crippen molar-refractivity contribution < 1.29 is 19.5 Å². The van der Waals surface area contributed by atoms with Gasteiger partial charge in [0.1, 0.15) is 0 Å². The molecule has 0 aromatic rings. The maximum Gasteiger partial charge on any atom is 0.303 e. The Morgan fingerprint density at radius 2 is 1.75 bits per heavy atom. The van der Waals surface area contributed by atoms with Gasteiger partial charge in [-0.15, -0.1) is 0 Å². The van der Waals surface area contributed by atoms with Gasteiger partial charge in [-0.25, -0.2) is 0 Å². The second-order valence-electron chi connectivity index (χ2n) is 5.79. The lowest BCUT2D eigenvalue weighted by molar-refractivity contribution is -0.141. The smallest absolute Gasteiger partial charge is 0.303 e. The normalized spacial score (nSPS) is 17.6. The zero-order valence-corrected chi connectivity index (χ0v) is 12.5. The molecular formula is C14H24N2O4. The number of amides is 2. The molecule has 6 nitrogen and oxygen atoms in total. The van der Waals surface area contributed by atoms with Crippen molar-refractivity contribution in [3.8, 4) is 0 Å². The van der Waals surface area contributed by atoms with Crippen molar-refractivity contribution in [1.29, 1.82) is 0 Å². The third-order valence-electron chi connectivity index (χ3n) is 3.68. The lowest BCUT2D eigenvalue weighted by atomic mass is 9.94. The molecule has 1 fully saturated rings. The number of rotatable bonds is 5. The van der Waals surface area contributed by atoms with Crippen LogP contribution in [0.5, 0.6) is 0 Å². The summed E-state index contributed by atoms with van der Waals surface area (Å²) in [6.07, 6.45) is 1.66. The topological polar surface area (TPSA) is 77.9 Å². The predicted octanol–water partition coefficient (Wildman–Crippen LogP) is 0.814. The fraction of sp³-hybridized carbons (Fsp3) is 0.786. The fourth-order valence-electron chi connectivity index (χ4n) is 2.54. The summed E-state index contributed by atoms with van der Waals surface area (Å²) < 4.78 is 0. The molecule has 1 unspecified atom stereocenters. The molecule has 1 aliphatic rings. The molecule has 1 saturated heterocycles. The maximum atomic E-state index is 12.0. The first-order valence-electron chi connectivity index (χ1n) is 7.02. The van der Waals surface area contributed by atoms with E-state index in [2.05, 4.69) is 0 Å². The number of hydrogen-bond donors (Lipinski definition) is 1. The molecule has 0 radical (unpaired) electrons. The average Bonchev–Trinajstić information content (AvgIpc) is 2.36. The Labute approximate surface area is 119 Å². The van der Waals surface area contributed by atoms with Gasteiger partial charge in [0.2, 0.25) is 11.8 Å². The maximum absolute atomic E-state index is 12.0. The van der Waals surface area contributed by atoms with E-state index < -0.39 is 5.97 Å². The molecule has 0 aromatic carbocycles. The van der Waals surface area contributed by atoms with E-state index in [-0.39, 0.29) is 36.5 Å². The molecule has 1 N–H and O–H groups in total. The first kappa shape index (κ1) is 16.5. The van der Waals surface area contributed by atoms with E-state index in [1.807, 2.05) is 0 Å². The van der Waals surface area contributed by atoms with E-state index in [1.54, 1.807) is 30.8 Å². The minimum atomic E-state index is -0.874. The molecule has 1 aliphatic heterocycles. The molecule has 114 valence electrons. The lowest BCUT2D eigenvalue weighted by Crippen LogP contribution is -2.43. The quantitative estimate of drug-likeness (QED) is 0.810. The second kappa shape index (κ2) is 7.26. The summed E-state index contributed by atoms with van der Waals surface area (Å²) in [4.78, 5) is 37.8. The number of carboxylic acids is 1. The van der Waals surface area contributed by atoms with E-state index in [0.717, 1.165) is 0 Å². The van der Waals surface area contributed by atoms with Gasteiger partial charge in [-0.3, -0.25) is 14.4 Å². The van der Waals surface area contributed by atoms with E-state index in [1.165, 1.54) is 0 Å². The van der Waals surface area contributed by atoms with Crippen LogP contribution in [0.15, 0.2) is 0 Å². The Kier molecular flexibility index (Phi) is 5.98. The van der Waals surface area contributed by atoms with Gasteiger partial charge < -0.3 is 14.9 Å². The summed E-state index contributed by atoms with van der Waals surface area (Å²) >= 11 is 0. The lowest BCUT2D eigenvalue weighted by Gasteiger charge is -2.33. The number of likely N-dealkylation sites (tertiary alicyclic amines) is 1. The highest BCUT2D eigenvalue weighted by atomic mass is 16.4. The summed E-state index contributed by atoms with van der Waals surface area (Å²) in [7, 11) is 3.49. The highest BCUT2D eigenvalue weighted by Gasteiger charge is 2.28. The average molecular weight is 284 g/mol. The van der Waals surface area contributed by atoms with Crippen LogP contribution in [0.3, 0.4) is 0 Å². The molecule has 20 heavy (non-hydrogen) atoms. The SMILES string of the molecule is CC(CC(=O)O)CC(=O)N1CCC(C(=O)N(C)C)CC1. The number of nitrogens with zero attached hydrogens (tertiary/aromatic N) is 2. The van der Waals surface area contributed by atoms with Gasteiger partial charge >= 0.3 is 5.97 Å². The number of hydrogen-bond acceptors (Lipinski definition) is 3.